The van der Waals surface area contributed by atoms with Crippen molar-refractivity contribution >= 4 is 43.6 Å². The Balaban J connectivity index is 1.77. The second-order valence-electron chi connectivity index (χ2n) is 6.22. The molecular formula is C19H26Br2N4O. The van der Waals surface area contributed by atoms with Gasteiger partial charge < -0.3 is 10.2 Å². The first-order chi connectivity index (χ1) is 12.5. The van der Waals surface area contributed by atoms with Crippen molar-refractivity contribution in [2.75, 3.05) is 57.7 Å². The molecule has 0 unspecified atom stereocenters. The zero-order valence-corrected chi connectivity index (χ0v) is 18.1. The molecule has 1 aliphatic heterocycles. The molecule has 2 rings (SSSR count). The number of urea groups is 1. The van der Waals surface area contributed by atoms with Gasteiger partial charge in [-0.15, -0.1) is 13.2 Å². The smallest absolute Gasteiger partial charge is 0.321 e. The number of hydrogen-bond donors (Lipinski definition) is 1. The first-order valence-corrected chi connectivity index (χ1v) is 10.3. The highest BCUT2D eigenvalue weighted by Crippen LogP contribution is 2.26. The molecule has 26 heavy (non-hydrogen) atoms. The van der Waals surface area contributed by atoms with Crippen LogP contribution >= 0.6 is 31.9 Å². The Labute approximate surface area is 173 Å². The number of anilines is 1. The summed E-state index contributed by atoms with van der Waals surface area (Å²) in [5.74, 6) is 0. The number of carbonyl (C=O) groups excluding carboxylic acids is 1. The van der Waals surface area contributed by atoms with Gasteiger partial charge in [0.05, 0.1) is 5.69 Å². The molecule has 0 spiro atoms. The summed E-state index contributed by atoms with van der Waals surface area (Å²) < 4.78 is 1.83. The van der Waals surface area contributed by atoms with Gasteiger partial charge in [0.25, 0.3) is 0 Å². The van der Waals surface area contributed by atoms with Gasteiger partial charge in [-0.3, -0.25) is 9.80 Å². The number of benzene rings is 1. The first-order valence-electron chi connectivity index (χ1n) is 8.71. The maximum absolute atomic E-state index is 12.5. The van der Waals surface area contributed by atoms with E-state index in [9.17, 15) is 4.79 Å². The largest absolute Gasteiger partial charge is 0.322 e. The molecule has 1 aromatic rings. The van der Waals surface area contributed by atoms with E-state index in [0.717, 1.165) is 67.0 Å². The van der Waals surface area contributed by atoms with Gasteiger partial charge >= 0.3 is 6.03 Å². The minimum Gasteiger partial charge on any atom is -0.322 e. The molecule has 7 heteroatoms. The Morgan fingerprint density at radius 2 is 1.81 bits per heavy atom. The van der Waals surface area contributed by atoms with Crippen LogP contribution in [0.25, 0.3) is 0 Å². The van der Waals surface area contributed by atoms with Crippen LogP contribution in [0.1, 0.15) is 0 Å². The zero-order valence-electron chi connectivity index (χ0n) is 15.0. The van der Waals surface area contributed by atoms with E-state index < -0.39 is 0 Å². The van der Waals surface area contributed by atoms with E-state index in [4.69, 9.17) is 0 Å². The van der Waals surface area contributed by atoms with Crippen LogP contribution in [-0.2, 0) is 0 Å². The van der Waals surface area contributed by atoms with E-state index in [-0.39, 0.29) is 6.03 Å². The standard InChI is InChI=1S/C19H26Br2N4O/c1-3-7-23(8-4-2)9-10-24-11-13-25(14-12-24)19(26)22-18-6-5-16(20)15-17(18)21/h3-6,15H,1-2,7-14H2,(H,22,26). The topological polar surface area (TPSA) is 38.8 Å². The summed E-state index contributed by atoms with van der Waals surface area (Å²) in [6, 6.07) is 5.67. The lowest BCUT2D eigenvalue weighted by Crippen LogP contribution is -2.51. The summed E-state index contributed by atoms with van der Waals surface area (Å²) in [6.45, 7) is 14.6. The predicted molar refractivity (Wildman–Crippen MR) is 116 cm³/mol. The molecule has 1 fully saturated rings. The zero-order chi connectivity index (χ0) is 18.9. The first kappa shape index (κ1) is 21.2. The molecule has 142 valence electrons. The number of piperazine rings is 1. The Morgan fingerprint density at radius 3 is 2.38 bits per heavy atom. The Kier molecular flexibility index (Phi) is 8.84. The number of amides is 2. The molecule has 0 radical (unpaired) electrons. The highest BCUT2D eigenvalue weighted by molar-refractivity contribution is 9.11. The molecule has 0 aromatic heterocycles. The predicted octanol–water partition coefficient (Wildman–Crippen LogP) is 4.04. The van der Waals surface area contributed by atoms with Gasteiger partial charge in [0.1, 0.15) is 0 Å². The van der Waals surface area contributed by atoms with E-state index in [1.165, 1.54) is 0 Å². The van der Waals surface area contributed by atoms with Crippen LogP contribution in [0.5, 0.6) is 0 Å². The monoisotopic (exact) mass is 484 g/mol. The van der Waals surface area contributed by atoms with Crippen molar-refractivity contribution in [3.63, 3.8) is 0 Å². The summed E-state index contributed by atoms with van der Waals surface area (Å²) in [7, 11) is 0. The highest BCUT2D eigenvalue weighted by atomic mass is 79.9. The van der Waals surface area contributed by atoms with Crippen LogP contribution in [0.4, 0.5) is 10.5 Å². The number of rotatable bonds is 8. The van der Waals surface area contributed by atoms with Gasteiger partial charge in [0.2, 0.25) is 0 Å². The summed E-state index contributed by atoms with van der Waals surface area (Å²) in [5.41, 5.74) is 0.783. The van der Waals surface area contributed by atoms with Gasteiger partial charge in [-0.25, -0.2) is 4.79 Å². The number of carbonyl (C=O) groups is 1. The second kappa shape index (κ2) is 10.9. The van der Waals surface area contributed by atoms with Crippen molar-refractivity contribution in [2.45, 2.75) is 0 Å². The molecule has 1 heterocycles. The van der Waals surface area contributed by atoms with Gasteiger partial charge in [-0.05, 0) is 34.1 Å². The number of nitrogens with zero attached hydrogens (tertiary/aromatic N) is 3. The van der Waals surface area contributed by atoms with Crippen LogP contribution in [0.3, 0.4) is 0 Å². The molecule has 0 bridgehead atoms. The minimum absolute atomic E-state index is 0.0485. The molecule has 1 aliphatic rings. The second-order valence-corrected chi connectivity index (χ2v) is 7.99. The average Bonchev–Trinajstić information content (AvgIpc) is 2.63. The number of nitrogens with one attached hydrogen (secondary N) is 1. The summed E-state index contributed by atoms with van der Waals surface area (Å²) in [6.07, 6.45) is 3.85. The van der Waals surface area contributed by atoms with Crippen molar-refractivity contribution in [1.82, 2.24) is 14.7 Å². The van der Waals surface area contributed by atoms with Gasteiger partial charge in [0, 0.05) is 61.3 Å². The Morgan fingerprint density at radius 1 is 1.15 bits per heavy atom. The van der Waals surface area contributed by atoms with Crippen molar-refractivity contribution < 1.29 is 4.79 Å². The molecule has 2 amide bonds. The van der Waals surface area contributed by atoms with Crippen molar-refractivity contribution in [3.8, 4) is 0 Å². The molecular weight excluding hydrogens is 460 g/mol. The van der Waals surface area contributed by atoms with Gasteiger partial charge in [-0.1, -0.05) is 28.1 Å². The lowest BCUT2D eigenvalue weighted by molar-refractivity contribution is 0.137. The lowest BCUT2D eigenvalue weighted by atomic mass is 10.3. The van der Waals surface area contributed by atoms with Crippen LogP contribution < -0.4 is 5.32 Å². The van der Waals surface area contributed by atoms with Crippen molar-refractivity contribution in [3.05, 3.63) is 52.5 Å². The van der Waals surface area contributed by atoms with Crippen LogP contribution in [0, 0.1) is 0 Å². The quantitative estimate of drug-likeness (QED) is 0.565. The molecule has 1 aromatic carbocycles. The van der Waals surface area contributed by atoms with E-state index >= 15 is 0 Å². The van der Waals surface area contributed by atoms with Crippen LogP contribution in [0.2, 0.25) is 0 Å². The number of halogens is 2. The normalized spacial score (nSPS) is 15.1. The summed E-state index contributed by atoms with van der Waals surface area (Å²) >= 11 is 6.90. The number of hydrogen-bond acceptors (Lipinski definition) is 3. The molecule has 1 N–H and O–H groups in total. The molecule has 5 nitrogen and oxygen atoms in total. The Hall–Kier alpha value is -1.15. The van der Waals surface area contributed by atoms with Crippen molar-refractivity contribution in [1.29, 1.82) is 0 Å². The summed E-state index contributed by atoms with van der Waals surface area (Å²) in [4.78, 5) is 19.1. The van der Waals surface area contributed by atoms with E-state index in [2.05, 4.69) is 60.1 Å². The van der Waals surface area contributed by atoms with Crippen LogP contribution in [0.15, 0.2) is 52.5 Å². The van der Waals surface area contributed by atoms with Gasteiger partial charge in [0.15, 0.2) is 0 Å². The third-order valence-electron chi connectivity index (χ3n) is 4.34. The summed E-state index contributed by atoms with van der Waals surface area (Å²) in [5, 5.41) is 2.98. The molecule has 0 atom stereocenters. The molecule has 1 saturated heterocycles. The fraction of sp³-hybridized carbons (Fsp3) is 0.421. The lowest BCUT2D eigenvalue weighted by Gasteiger charge is -2.35. The maximum Gasteiger partial charge on any atom is 0.321 e. The fourth-order valence-electron chi connectivity index (χ4n) is 2.86. The highest BCUT2D eigenvalue weighted by Gasteiger charge is 2.21. The average molecular weight is 486 g/mol. The molecule has 0 saturated carbocycles. The van der Waals surface area contributed by atoms with E-state index in [0.29, 0.717) is 0 Å². The van der Waals surface area contributed by atoms with Crippen LogP contribution in [-0.4, -0.2) is 73.1 Å². The third kappa shape index (κ3) is 6.54. The van der Waals surface area contributed by atoms with E-state index in [1.807, 2.05) is 35.3 Å². The van der Waals surface area contributed by atoms with Crippen molar-refractivity contribution in [2.24, 2.45) is 0 Å². The fourth-order valence-corrected chi connectivity index (χ4v) is 4.01. The van der Waals surface area contributed by atoms with E-state index in [1.54, 1.807) is 0 Å². The third-order valence-corrected chi connectivity index (χ3v) is 5.49. The SMILES string of the molecule is C=CCN(CC=C)CCN1CCN(C(=O)Nc2ccc(Br)cc2Br)CC1. The minimum atomic E-state index is -0.0485. The van der Waals surface area contributed by atoms with Gasteiger partial charge in [-0.2, -0.15) is 0 Å². The molecule has 0 aliphatic carbocycles. The Bertz CT molecular complexity index is 620. The maximum atomic E-state index is 12.5.